The molecule has 0 aliphatic carbocycles. The van der Waals surface area contributed by atoms with Crippen molar-refractivity contribution in [3.63, 3.8) is 0 Å². The van der Waals surface area contributed by atoms with Gasteiger partial charge in [-0.1, -0.05) is 30.3 Å². The van der Waals surface area contributed by atoms with Gasteiger partial charge < -0.3 is 9.47 Å². The largest absolute Gasteiger partial charge is 0.364 e. The van der Waals surface area contributed by atoms with E-state index >= 15 is 0 Å². The van der Waals surface area contributed by atoms with E-state index in [9.17, 15) is 0 Å². The van der Waals surface area contributed by atoms with E-state index in [0.717, 1.165) is 31.6 Å². The van der Waals surface area contributed by atoms with Gasteiger partial charge >= 0.3 is 0 Å². The Morgan fingerprint density at radius 1 is 0.850 bits per heavy atom. The number of rotatable bonds is 1. The standard InChI is InChI=1S/C17H17N3/c1-2-7-14(8-3-1)19-11-6-12-20-16-10-5-4-9-15(16)18-17(20)13-19/h1-5,7-10H,6,11-13H2. The zero-order valence-electron chi connectivity index (χ0n) is 11.4. The summed E-state index contributed by atoms with van der Waals surface area (Å²) in [5.74, 6) is 1.17. The third kappa shape index (κ3) is 1.86. The van der Waals surface area contributed by atoms with Crippen molar-refractivity contribution < 1.29 is 0 Å². The SMILES string of the molecule is c1ccc(N2CCCn3c(nc4ccccc43)C2)cc1. The first-order chi connectivity index (χ1) is 9.92. The zero-order valence-corrected chi connectivity index (χ0v) is 11.4. The number of benzene rings is 2. The second-order valence-corrected chi connectivity index (χ2v) is 5.28. The molecule has 2 heterocycles. The second-order valence-electron chi connectivity index (χ2n) is 5.28. The fourth-order valence-electron chi connectivity index (χ4n) is 3.02. The smallest absolute Gasteiger partial charge is 0.129 e. The van der Waals surface area contributed by atoms with E-state index in [2.05, 4.69) is 64.1 Å². The van der Waals surface area contributed by atoms with Crippen molar-refractivity contribution in [2.24, 2.45) is 0 Å². The number of para-hydroxylation sites is 3. The van der Waals surface area contributed by atoms with Crippen LogP contribution in [-0.2, 0) is 13.1 Å². The predicted molar refractivity (Wildman–Crippen MR) is 81.8 cm³/mol. The molecule has 4 rings (SSSR count). The van der Waals surface area contributed by atoms with Gasteiger partial charge in [-0.25, -0.2) is 4.98 Å². The molecule has 0 unspecified atom stereocenters. The first kappa shape index (κ1) is 11.5. The molecule has 0 amide bonds. The van der Waals surface area contributed by atoms with Crippen LogP contribution in [0.1, 0.15) is 12.2 Å². The lowest BCUT2D eigenvalue weighted by Gasteiger charge is -2.21. The third-order valence-corrected chi connectivity index (χ3v) is 4.00. The fraction of sp³-hybridized carbons (Fsp3) is 0.235. The van der Waals surface area contributed by atoms with Crippen molar-refractivity contribution in [2.45, 2.75) is 19.5 Å². The van der Waals surface area contributed by atoms with Gasteiger partial charge in [0.05, 0.1) is 17.6 Å². The van der Waals surface area contributed by atoms with E-state index in [1.807, 2.05) is 0 Å². The summed E-state index contributed by atoms with van der Waals surface area (Å²) in [6.07, 6.45) is 1.16. The van der Waals surface area contributed by atoms with Gasteiger partial charge in [-0.15, -0.1) is 0 Å². The lowest BCUT2D eigenvalue weighted by molar-refractivity contribution is 0.678. The van der Waals surface area contributed by atoms with E-state index in [4.69, 9.17) is 4.98 Å². The highest BCUT2D eigenvalue weighted by molar-refractivity contribution is 5.76. The van der Waals surface area contributed by atoms with E-state index in [0.29, 0.717) is 0 Å². The Hall–Kier alpha value is -2.29. The number of hydrogen-bond donors (Lipinski definition) is 0. The van der Waals surface area contributed by atoms with Crippen LogP contribution in [0.2, 0.25) is 0 Å². The normalized spacial score (nSPS) is 15.1. The minimum Gasteiger partial charge on any atom is -0.364 e. The van der Waals surface area contributed by atoms with Crippen molar-refractivity contribution in [1.29, 1.82) is 0 Å². The molecule has 0 N–H and O–H groups in total. The Labute approximate surface area is 118 Å². The molecule has 0 radical (unpaired) electrons. The molecule has 1 aliphatic heterocycles. The number of fused-ring (bicyclic) bond motifs is 3. The minimum atomic E-state index is 0.888. The summed E-state index contributed by atoms with van der Waals surface area (Å²) in [5.41, 5.74) is 3.66. The molecule has 20 heavy (non-hydrogen) atoms. The van der Waals surface area contributed by atoms with Crippen molar-refractivity contribution in [1.82, 2.24) is 9.55 Å². The third-order valence-electron chi connectivity index (χ3n) is 4.00. The van der Waals surface area contributed by atoms with Gasteiger partial charge in [0, 0.05) is 18.8 Å². The monoisotopic (exact) mass is 263 g/mol. The summed E-state index contributed by atoms with van der Waals surface area (Å²) >= 11 is 0. The Balaban J connectivity index is 1.76. The van der Waals surface area contributed by atoms with Gasteiger partial charge in [0.1, 0.15) is 5.82 Å². The van der Waals surface area contributed by atoms with Crippen LogP contribution < -0.4 is 4.90 Å². The predicted octanol–water partition coefficient (Wildman–Crippen LogP) is 3.45. The van der Waals surface area contributed by atoms with Gasteiger partial charge in [0.15, 0.2) is 0 Å². The summed E-state index contributed by atoms with van der Waals surface area (Å²) in [6.45, 7) is 3.03. The van der Waals surface area contributed by atoms with Crippen molar-refractivity contribution in [3.05, 3.63) is 60.4 Å². The average molecular weight is 263 g/mol. The van der Waals surface area contributed by atoms with Crippen LogP contribution in [0.25, 0.3) is 11.0 Å². The Morgan fingerprint density at radius 3 is 2.55 bits per heavy atom. The van der Waals surface area contributed by atoms with Crippen LogP contribution in [-0.4, -0.2) is 16.1 Å². The van der Waals surface area contributed by atoms with Crippen molar-refractivity contribution in [3.8, 4) is 0 Å². The first-order valence-electron chi connectivity index (χ1n) is 7.16. The van der Waals surface area contributed by atoms with Crippen molar-refractivity contribution in [2.75, 3.05) is 11.4 Å². The first-order valence-corrected chi connectivity index (χ1v) is 7.16. The van der Waals surface area contributed by atoms with E-state index < -0.39 is 0 Å². The minimum absolute atomic E-state index is 0.888. The number of hydrogen-bond acceptors (Lipinski definition) is 2. The van der Waals surface area contributed by atoms with Gasteiger partial charge in [0.2, 0.25) is 0 Å². The van der Waals surface area contributed by atoms with Gasteiger partial charge in [-0.3, -0.25) is 0 Å². The Morgan fingerprint density at radius 2 is 1.65 bits per heavy atom. The molecular formula is C17H17N3. The Kier molecular flexibility index (Phi) is 2.69. The molecule has 1 aliphatic rings. The molecule has 1 aromatic heterocycles. The summed E-state index contributed by atoms with van der Waals surface area (Å²) in [7, 11) is 0. The highest BCUT2D eigenvalue weighted by Crippen LogP contribution is 2.23. The van der Waals surface area contributed by atoms with Crippen LogP contribution >= 0.6 is 0 Å². The van der Waals surface area contributed by atoms with Crippen LogP contribution in [0, 0.1) is 0 Å². The zero-order chi connectivity index (χ0) is 13.4. The van der Waals surface area contributed by atoms with E-state index in [-0.39, 0.29) is 0 Å². The molecule has 2 aromatic carbocycles. The van der Waals surface area contributed by atoms with Gasteiger partial charge in [-0.05, 0) is 30.7 Å². The lowest BCUT2D eigenvalue weighted by atomic mass is 10.2. The Bertz CT molecular complexity index is 730. The summed E-state index contributed by atoms with van der Waals surface area (Å²) < 4.78 is 2.37. The average Bonchev–Trinajstić information content (AvgIpc) is 2.71. The summed E-state index contributed by atoms with van der Waals surface area (Å²) in [6, 6.07) is 19.1. The van der Waals surface area contributed by atoms with Crippen LogP contribution in [0.4, 0.5) is 5.69 Å². The lowest BCUT2D eigenvalue weighted by Crippen LogP contribution is -2.22. The summed E-state index contributed by atoms with van der Waals surface area (Å²) in [4.78, 5) is 7.23. The quantitative estimate of drug-likeness (QED) is 0.670. The maximum absolute atomic E-state index is 4.81. The second kappa shape index (κ2) is 4.67. The number of imidazole rings is 1. The van der Waals surface area contributed by atoms with Crippen LogP contribution in [0.15, 0.2) is 54.6 Å². The molecule has 0 saturated heterocycles. The molecule has 3 aromatic rings. The maximum Gasteiger partial charge on any atom is 0.129 e. The highest BCUT2D eigenvalue weighted by Gasteiger charge is 2.18. The molecule has 0 saturated carbocycles. The molecule has 3 nitrogen and oxygen atoms in total. The number of anilines is 1. The summed E-state index contributed by atoms with van der Waals surface area (Å²) in [5, 5.41) is 0. The van der Waals surface area contributed by atoms with Crippen LogP contribution in [0.3, 0.4) is 0 Å². The van der Waals surface area contributed by atoms with E-state index in [1.54, 1.807) is 0 Å². The number of aromatic nitrogens is 2. The molecule has 3 heteroatoms. The van der Waals surface area contributed by atoms with Crippen molar-refractivity contribution >= 4 is 16.7 Å². The topological polar surface area (TPSA) is 21.1 Å². The molecule has 100 valence electrons. The molecular weight excluding hydrogens is 246 g/mol. The maximum atomic E-state index is 4.81. The van der Waals surface area contributed by atoms with Crippen LogP contribution in [0.5, 0.6) is 0 Å². The van der Waals surface area contributed by atoms with E-state index in [1.165, 1.54) is 17.0 Å². The van der Waals surface area contributed by atoms with Gasteiger partial charge in [0.25, 0.3) is 0 Å². The fourth-order valence-corrected chi connectivity index (χ4v) is 3.02. The molecule has 0 atom stereocenters. The highest BCUT2D eigenvalue weighted by atomic mass is 15.2. The molecule has 0 spiro atoms. The number of aryl methyl sites for hydroxylation is 1. The van der Waals surface area contributed by atoms with Gasteiger partial charge in [-0.2, -0.15) is 0 Å². The number of nitrogens with zero attached hydrogens (tertiary/aromatic N) is 3. The molecule has 0 bridgehead atoms. The molecule has 0 fully saturated rings.